The summed E-state index contributed by atoms with van der Waals surface area (Å²) < 4.78 is 72.8. The van der Waals surface area contributed by atoms with Crippen molar-refractivity contribution in [2.45, 2.75) is 18.3 Å². The van der Waals surface area contributed by atoms with Gasteiger partial charge < -0.3 is 20.7 Å². The van der Waals surface area contributed by atoms with Gasteiger partial charge in [0.2, 0.25) is 0 Å². The second-order valence-corrected chi connectivity index (χ2v) is 8.96. The molecule has 13 heteroatoms. The molecule has 2 heterocycles. The highest BCUT2D eigenvalue weighted by Gasteiger charge is 2.37. The molecule has 2 atom stereocenters. The van der Waals surface area contributed by atoms with Crippen molar-refractivity contribution >= 4 is 35.2 Å². The number of fused-ring (bicyclic) bond motifs is 1. The first-order chi connectivity index (χ1) is 17.9. The highest BCUT2D eigenvalue weighted by molar-refractivity contribution is 6.31. The number of hydrogen-bond acceptors (Lipinski definition) is 4. The number of amides is 3. The van der Waals surface area contributed by atoms with Gasteiger partial charge in [-0.3, -0.25) is 9.59 Å². The van der Waals surface area contributed by atoms with Crippen LogP contribution in [0.3, 0.4) is 0 Å². The summed E-state index contributed by atoms with van der Waals surface area (Å²) in [5, 5.41) is 7.63. The van der Waals surface area contributed by atoms with E-state index in [0.717, 1.165) is 12.1 Å². The number of alkyl carbamates (subject to hydrolysis) is 1. The summed E-state index contributed by atoms with van der Waals surface area (Å²) in [6.45, 7) is 0.0462. The molecule has 0 saturated carbocycles. The van der Waals surface area contributed by atoms with Gasteiger partial charge in [0, 0.05) is 33.0 Å². The quantitative estimate of drug-likeness (QED) is 0.373. The number of halogens is 6. The fourth-order valence-electron chi connectivity index (χ4n) is 4.37. The van der Waals surface area contributed by atoms with Crippen LogP contribution in [0.4, 0.5) is 32.4 Å². The number of carbonyl (C=O) groups excluding carboxylic acids is 3. The molecule has 196 valence electrons. The molecule has 1 saturated heterocycles. The molecule has 2 aliphatic rings. The van der Waals surface area contributed by atoms with Crippen molar-refractivity contribution in [2.24, 2.45) is 0 Å². The zero-order valence-electron chi connectivity index (χ0n) is 18.9. The Balaban J connectivity index is 1.62. The van der Waals surface area contributed by atoms with Crippen molar-refractivity contribution in [3.05, 3.63) is 98.6 Å². The van der Waals surface area contributed by atoms with E-state index < -0.39 is 59.0 Å². The zero-order valence-corrected chi connectivity index (χ0v) is 19.6. The second kappa shape index (κ2) is 9.28. The van der Waals surface area contributed by atoms with Gasteiger partial charge in [0.25, 0.3) is 11.8 Å². The van der Waals surface area contributed by atoms with Gasteiger partial charge in [-0.25, -0.2) is 13.6 Å². The molecule has 3 amide bonds. The molecule has 0 radical (unpaired) electrons. The van der Waals surface area contributed by atoms with Crippen molar-refractivity contribution in [1.82, 2.24) is 10.6 Å². The summed E-state index contributed by atoms with van der Waals surface area (Å²) in [6.07, 6.45) is -6.47. The number of cyclic esters (lactones) is 1. The van der Waals surface area contributed by atoms with Gasteiger partial charge in [-0.2, -0.15) is 13.2 Å². The SMILES string of the molecule is O=C1NC[C@H](c2cc(NC(=O)c3cc(F)cc(C(F)(F)F)c3)c3c(c2)C(=O)N[C@H]3c2cc(F)ccc2Cl)O1. The average Bonchev–Trinajstić information content (AvgIpc) is 3.43. The molecule has 3 aromatic rings. The normalized spacial score (nSPS) is 18.5. The Hall–Kier alpha value is -4.19. The number of alkyl halides is 3. The standard InChI is InChI=1S/C25H15ClF5N3O4/c26-17-2-1-13(27)8-15(17)21-20-16(23(36)34-21)5-10(19-9-32-24(37)38-19)6-18(20)33-22(35)11-3-12(25(29,30)31)7-14(28)4-11/h1-8,19,21H,9H2,(H,32,37)(H,33,35)(H,34,36)/t19-,21+/m1/s1. The molecule has 1 fully saturated rings. The molecule has 3 aromatic carbocycles. The molecule has 5 rings (SSSR count). The van der Waals surface area contributed by atoms with Gasteiger partial charge in [0.05, 0.1) is 18.2 Å². The Morgan fingerprint density at radius 3 is 2.47 bits per heavy atom. The van der Waals surface area contributed by atoms with E-state index in [1.165, 1.54) is 18.2 Å². The zero-order chi connectivity index (χ0) is 27.4. The lowest BCUT2D eigenvalue weighted by Gasteiger charge is -2.20. The average molecular weight is 552 g/mol. The molecular formula is C25H15ClF5N3O4. The third kappa shape index (κ3) is 4.74. The molecule has 0 aromatic heterocycles. The molecule has 0 aliphatic carbocycles. The Labute approximate surface area is 215 Å². The summed E-state index contributed by atoms with van der Waals surface area (Å²) in [7, 11) is 0. The van der Waals surface area contributed by atoms with E-state index in [0.29, 0.717) is 12.1 Å². The Morgan fingerprint density at radius 2 is 1.79 bits per heavy atom. The maximum atomic E-state index is 14.1. The first-order valence-electron chi connectivity index (χ1n) is 11.0. The Morgan fingerprint density at radius 1 is 1.03 bits per heavy atom. The number of rotatable bonds is 4. The van der Waals surface area contributed by atoms with Crippen LogP contribution in [-0.4, -0.2) is 24.5 Å². The van der Waals surface area contributed by atoms with Crippen LogP contribution < -0.4 is 16.0 Å². The maximum absolute atomic E-state index is 14.1. The maximum Gasteiger partial charge on any atom is 0.416 e. The van der Waals surface area contributed by atoms with E-state index in [1.54, 1.807) is 0 Å². The van der Waals surface area contributed by atoms with Gasteiger partial charge in [-0.1, -0.05) is 11.6 Å². The molecular weight excluding hydrogens is 537 g/mol. The van der Waals surface area contributed by atoms with Gasteiger partial charge in [0.15, 0.2) is 0 Å². The fraction of sp³-hybridized carbons (Fsp3) is 0.160. The van der Waals surface area contributed by atoms with Crippen molar-refractivity contribution in [3.8, 4) is 0 Å². The van der Waals surface area contributed by atoms with Crippen LogP contribution in [0.5, 0.6) is 0 Å². The van der Waals surface area contributed by atoms with Crippen molar-refractivity contribution in [3.63, 3.8) is 0 Å². The van der Waals surface area contributed by atoms with E-state index in [1.807, 2.05) is 0 Å². The third-order valence-electron chi connectivity index (χ3n) is 6.07. The molecule has 3 N–H and O–H groups in total. The van der Waals surface area contributed by atoms with Crippen LogP contribution >= 0.6 is 11.6 Å². The topological polar surface area (TPSA) is 96.5 Å². The van der Waals surface area contributed by atoms with Crippen LogP contribution in [0.1, 0.15) is 55.1 Å². The second-order valence-electron chi connectivity index (χ2n) is 8.56. The van der Waals surface area contributed by atoms with Crippen molar-refractivity contribution in [1.29, 1.82) is 0 Å². The van der Waals surface area contributed by atoms with E-state index >= 15 is 0 Å². The highest BCUT2D eigenvalue weighted by Crippen LogP contribution is 2.41. The van der Waals surface area contributed by atoms with Crippen LogP contribution in [0, 0.1) is 11.6 Å². The summed E-state index contributed by atoms with van der Waals surface area (Å²) in [6, 6.07) is 6.57. The lowest BCUT2D eigenvalue weighted by atomic mass is 9.93. The van der Waals surface area contributed by atoms with Crippen molar-refractivity contribution in [2.75, 3.05) is 11.9 Å². The molecule has 7 nitrogen and oxygen atoms in total. The number of anilines is 1. The van der Waals surface area contributed by atoms with E-state index in [-0.39, 0.29) is 45.6 Å². The number of hydrogen-bond donors (Lipinski definition) is 3. The first-order valence-corrected chi connectivity index (χ1v) is 11.4. The Bertz CT molecular complexity index is 1510. The summed E-state index contributed by atoms with van der Waals surface area (Å²) >= 11 is 6.25. The smallest absolute Gasteiger partial charge is 0.416 e. The number of carbonyl (C=O) groups is 3. The first kappa shape index (κ1) is 25.5. The third-order valence-corrected chi connectivity index (χ3v) is 6.41. The van der Waals surface area contributed by atoms with Gasteiger partial charge in [-0.05, 0) is 54.1 Å². The van der Waals surface area contributed by atoms with Gasteiger partial charge >= 0.3 is 12.3 Å². The lowest BCUT2D eigenvalue weighted by molar-refractivity contribution is -0.137. The van der Waals surface area contributed by atoms with Crippen molar-refractivity contribution < 1.29 is 41.1 Å². The predicted octanol–water partition coefficient (Wildman–Crippen LogP) is 5.50. The predicted molar refractivity (Wildman–Crippen MR) is 124 cm³/mol. The summed E-state index contributed by atoms with van der Waals surface area (Å²) in [5.74, 6) is -3.67. The molecule has 0 spiro atoms. The fourth-order valence-corrected chi connectivity index (χ4v) is 4.59. The van der Waals surface area contributed by atoms with Crippen LogP contribution in [0.25, 0.3) is 0 Å². The molecule has 0 bridgehead atoms. The number of ether oxygens (including phenoxy) is 1. The number of nitrogens with one attached hydrogen (secondary N) is 3. The minimum atomic E-state index is -4.91. The summed E-state index contributed by atoms with van der Waals surface area (Å²) in [4.78, 5) is 37.5. The van der Waals surface area contributed by atoms with Gasteiger partial charge in [0.1, 0.15) is 17.7 Å². The Kier molecular flexibility index (Phi) is 6.22. The van der Waals surface area contributed by atoms with E-state index in [2.05, 4.69) is 16.0 Å². The largest absolute Gasteiger partial charge is 0.439 e. The molecule has 2 aliphatic heterocycles. The molecule has 0 unspecified atom stereocenters. The van der Waals surface area contributed by atoms with Crippen LogP contribution in [-0.2, 0) is 10.9 Å². The van der Waals surface area contributed by atoms with Crippen LogP contribution in [0.15, 0.2) is 48.5 Å². The van der Waals surface area contributed by atoms with E-state index in [9.17, 15) is 36.3 Å². The minimum absolute atomic E-state index is 0.0290. The van der Waals surface area contributed by atoms with E-state index in [4.69, 9.17) is 16.3 Å². The lowest BCUT2D eigenvalue weighted by Crippen LogP contribution is -2.21. The molecule has 38 heavy (non-hydrogen) atoms. The summed E-state index contributed by atoms with van der Waals surface area (Å²) in [5.41, 5.74) is -1.46. The van der Waals surface area contributed by atoms with Gasteiger partial charge in [-0.15, -0.1) is 0 Å². The minimum Gasteiger partial charge on any atom is -0.439 e. The number of benzene rings is 3. The highest BCUT2D eigenvalue weighted by atomic mass is 35.5. The van der Waals surface area contributed by atoms with Crippen LogP contribution in [0.2, 0.25) is 5.02 Å². The monoisotopic (exact) mass is 551 g/mol.